The summed E-state index contributed by atoms with van der Waals surface area (Å²) >= 11 is 0. The Morgan fingerprint density at radius 2 is 2.00 bits per heavy atom. The Balaban J connectivity index is 1.77. The van der Waals surface area contributed by atoms with Crippen LogP contribution in [0.5, 0.6) is 0 Å². The van der Waals surface area contributed by atoms with E-state index in [1.165, 1.54) is 26.2 Å². The maximum Gasteiger partial charge on any atom is 0.302 e. The van der Waals surface area contributed by atoms with Crippen LogP contribution in [0.4, 0.5) is 0 Å². The highest BCUT2D eigenvalue weighted by Gasteiger charge is 2.66. The van der Waals surface area contributed by atoms with Gasteiger partial charge in [0.1, 0.15) is 11.9 Å². The molecule has 1 spiro atoms. The van der Waals surface area contributed by atoms with Crippen molar-refractivity contribution in [3.8, 4) is 0 Å². The fraction of sp³-hybridized carbons (Fsp3) is 0.889. The highest BCUT2D eigenvalue weighted by Crippen LogP contribution is 2.69. The van der Waals surface area contributed by atoms with Crippen LogP contribution in [0.2, 0.25) is 0 Å². The SMILES string of the molecule is CC(=O)O[C@@H]1C[C@H]2C[C@@H](C)C[C@]34[C@@H]2CC[C@H]3C(=O)CC[C@H]14. The minimum absolute atomic E-state index is 0.0740. The lowest BCUT2D eigenvalue weighted by atomic mass is 9.44. The van der Waals surface area contributed by atoms with E-state index >= 15 is 0 Å². The van der Waals surface area contributed by atoms with Gasteiger partial charge in [-0.1, -0.05) is 6.92 Å². The quantitative estimate of drug-likeness (QED) is 0.695. The van der Waals surface area contributed by atoms with Crippen molar-refractivity contribution in [2.75, 3.05) is 0 Å². The van der Waals surface area contributed by atoms with E-state index in [0.717, 1.165) is 31.1 Å². The Labute approximate surface area is 126 Å². The third-order valence-corrected chi connectivity index (χ3v) is 7.16. The molecule has 0 amide bonds. The number of ketones is 1. The summed E-state index contributed by atoms with van der Waals surface area (Å²) in [5, 5.41) is 0. The van der Waals surface area contributed by atoms with E-state index in [0.29, 0.717) is 24.0 Å². The molecule has 0 unspecified atom stereocenters. The minimum atomic E-state index is -0.146. The summed E-state index contributed by atoms with van der Waals surface area (Å²) in [6.07, 6.45) is 7.55. The molecule has 7 atom stereocenters. The summed E-state index contributed by atoms with van der Waals surface area (Å²) in [7, 11) is 0. The molecule has 4 aliphatic rings. The lowest BCUT2D eigenvalue weighted by Crippen LogP contribution is -2.59. The smallest absolute Gasteiger partial charge is 0.302 e. The van der Waals surface area contributed by atoms with Gasteiger partial charge in [-0.2, -0.15) is 0 Å². The van der Waals surface area contributed by atoms with Crippen LogP contribution in [-0.2, 0) is 14.3 Å². The fourth-order valence-electron chi connectivity index (χ4n) is 6.96. The number of carbonyl (C=O) groups is 2. The first-order valence-electron chi connectivity index (χ1n) is 8.72. The molecule has 0 radical (unpaired) electrons. The highest BCUT2D eigenvalue weighted by atomic mass is 16.5. The van der Waals surface area contributed by atoms with Gasteiger partial charge in [-0.15, -0.1) is 0 Å². The van der Waals surface area contributed by atoms with Crippen molar-refractivity contribution in [3.05, 3.63) is 0 Å². The maximum atomic E-state index is 12.5. The van der Waals surface area contributed by atoms with Gasteiger partial charge in [-0.3, -0.25) is 9.59 Å². The predicted octanol–water partition coefficient (Wildman–Crippen LogP) is 3.36. The van der Waals surface area contributed by atoms with Gasteiger partial charge in [0, 0.05) is 25.2 Å². The molecule has 0 aromatic carbocycles. The third-order valence-electron chi connectivity index (χ3n) is 7.16. The van der Waals surface area contributed by atoms with E-state index in [2.05, 4.69) is 6.92 Å². The number of hydrogen-bond acceptors (Lipinski definition) is 3. The third kappa shape index (κ3) is 1.78. The zero-order chi connectivity index (χ0) is 14.8. The lowest BCUT2D eigenvalue weighted by molar-refractivity contribution is -0.187. The topological polar surface area (TPSA) is 43.4 Å². The second kappa shape index (κ2) is 4.57. The molecular weight excluding hydrogens is 264 g/mol. The Morgan fingerprint density at radius 1 is 1.19 bits per heavy atom. The summed E-state index contributed by atoms with van der Waals surface area (Å²) in [4.78, 5) is 24.1. The summed E-state index contributed by atoms with van der Waals surface area (Å²) in [5.41, 5.74) is 0.177. The Hall–Kier alpha value is -0.860. The van der Waals surface area contributed by atoms with E-state index in [1.807, 2.05) is 0 Å². The van der Waals surface area contributed by atoms with E-state index in [-0.39, 0.29) is 23.4 Å². The molecule has 4 saturated carbocycles. The number of esters is 1. The van der Waals surface area contributed by atoms with E-state index < -0.39 is 0 Å². The average Bonchev–Trinajstić information content (AvgIpc) is 2.77. The fourth-order valence-corrected chi connectivity index (χ4v) is 6.96. The molecule has 0 heterocycles. The van der Waals surface area contributed by atoms with Gasteiger partial charge >= 0.3 is 5.97 Å². The summed E-state index contributed by atoms with van der Waals surface area (Å²) in [6, 6.07) is 0. The van der Waals surface area contributed by atoms with Crippen LogP contribution in [0.25, 0.3) is 0 Å². The number of hydrogen-bond donors (Lipinski definition) is 0. The van der Waals surface area contributed by atoms with Gasteiger partial charge in [-0.05, 0) is 61.7 Å². The van der Waals surface area contributed by atoms with Crippen molar-refractivity contribution in [1.29, 1.82) is 0 Å². The highest BCUT2D eigenvalue weighted by molar-refractivity contribution is 5.83. The minimum Gasteiger partial charge on any atom is -0.462 e. The molecule has 0 aliphatic heterocycles. The van der Waals surface area contributed by atoms with Crippen LogP contribution in [0.3, 0.4) is 0 Å². The van der Waals surface area contributed by atoms with Crippen LogP contribution in [-0.4, -0.2) is 17.9 Å². The first-order valence-corrected chi connectivity index (χ1v) is 8.72. The normalized spacial score (nSPS) is 51.4. The molecule has 0 saturated heterocycles. The number of carbonyl (C=O) groups excluding carboxylic acids is 2. The van der Waals surface area contributed by atoms with Gasteiger partial charge in [0.25, 0.3) is 0 Å². The zero-order valence-corrected chi connectivity index (χ0v) is 13.1. The average molecular weight is 290 g/mol. The molecule has 2 bridgehead atoms. The lowest BCUT2D eigenvalue weighted by Gasteiger charge is -2.61. The van der Waals surface area contributed by atoms with Crippen LogP contribution in [0.15, 0.2) is 0 Å². The molecule has 3 heteroatoms. The first kappa shape index (κ1) is 13.8. The van der Waals surface area contributed by atoms with Gasteiger partial charge in [0.05, 0.1) is 0 Å². The first-order chi connectivity index (χ1) is 10.0. The summed E-state index contributed by atoms with van der Waals surface area (Å²) < 4.78 is 5.74. The van der Waals surface area contributed by atoms with E-state index in [1.54, 1.807) is 0 Å². The Kier molecular flexibility index (Phi) is 3.00. The molecule has 4 aliphatic carbocycles. The van der Waals surface area contributed by atoms with Crippen LogP contribution >= 0.6 is 0 Å². The van der Waals surface area contributed by atoms with Crippen molar-refractivity contribution in [3.63, 3.8) is 0 Å². The van der Waals surface area contributed by atoms with Crippen molar-refractivity contribution in [2.24, 2.45) is 35.0 Å². The molecule has 0 aromatic heterocycles. The monoisotopic (exact) mass is 290 g/mol. The van der Waals surface area contributed by atoms with E-state index in [9.17, 15) is 9.59 Å². The molecule has 116 valence electrons. The Bertz CT molecular complexity index is 485. The van der Waals surface area contributed by atoms with Crippen LogP contribution < -0.4 is 0 Å². The molecular formula is C18H26O3. The molecule has 4 fully saturated rings. The second-order valence-corrected chi connectivity index (χ2v) is 8.15. The van der Waals surface area contributed by atoms with Gasteiger partial charge < -0.3 is 4.74 Å². The van der Waals surface area contributed by atoms with Crippen molar-refractivity contribution in [2.45, 2.75) is 64.9 Å². The predicted molar refractivity (Wildman–Crippen MR) is 78.4 cm³/mol. The molecule has 0 aromatic rings. The molecule has 4 rings (SSSR count). The largest absolute Gasteiger partial charge is 0.462 e. The standard InChI is InChI=1S/C18H26O3/c1-10-7-12-8-17(21-11(2)19)15-5-6-16(20)14-4-3-13(12)18(14,15)9-10/h10,12-15,17H,3-9H2,1-2H3/t10-,12-,13-,14+,15-,17-,18+/m1/s1. The number of ether oxygens (including phenoxy) is 1. The van der Waals surface area contributed by atoms with Crippen molar-refractivity contribution >= 4 is 11.8 Å². The molecule has 3 nitrogen and oxygen atoms in total. The number of rotatable bonds is 1. The zero-order valence-electron chi connectivity index (χ0n) is 13.1. The summed E-state index contributed by atoms with van der Waals surface area (Å²) in [6.45, 7) is 3.89. The van der Waals surface area contributed by atoms with E-state index in [4.69, 9.17) is 4.74 Å². The van der Waals surface area contributed by atoms with Gasteiger partial charge in [0.15, 0.2) is 0 Å². The second-order valence-electron chi connectivity index (χ2n) is 8.15. The van der Waals surface area contributed by atoms with Crippen LogP contribution in [0.1, 0.15) is 58.8 Å². The maximum absolute atomic E-state index is 12.5. The number of Topliss-reactive ketones (excluding diaryl/α,β-unsaturated/α-hetero) is 1. The summed E-state index contributed by atoms with van der Waals surface area (Å²) in [5.74, 6) is 3.18. The van der Waals surface area contributed by atoms with Crippen molar-refractivity contribution < 1.29 is 14.3 Å². The van der Waals surface area contributed by atoms with Gasteiger partial charge in [-0.25, -0.2) is 0 Å². The van der Waals surface area contributed by atoms with Crippen LogP contribution in [0, 0.1) is 35.0 Å². The molecule has 21 heavy (non-hydrogen) atoms. The van der Waals surface area contributed by atoms with Gasteiger partial charge in [0.2, 0.25) is 0 Å². The molecule has 0 N–H and O–H groups in total. The van der Waals surface area contributed by atoms with Crippen molar-refractivity contribution in [1.82, 2.24) is 0 Å². The Morgan fingerprint density at radius 3 is 2.76 bits per heavy atom.